The number of carbonyl (C=O) groups is 2. The number of carbonyl (C=O) groups excluding carboxylic acids is 2. The highest BCUT2D eigenvalue weighted by Crippen LogP contribution is 2.12. The van der Waals surface area contributed by atoms with Gasteiger partial charge in [0.15, 0.2) is 0 Å². The van der Waals surface area contributed by atoms with E-state index in [-0.39, 0.29) is 18.4 Å². The largest absolute Gasteiger partial charge is 0.359 e. The van der Waals surface area contributed by atoms with E-state index in [1.165, 1.54) is 0 Å². The van der Waals surface area contributed by atoms with Crippen LogP contribution in [-0.4, -0.2) is 32.0 Å². The lowest BCUT2D eigenvalue weighted by molar-refractivity contribution is -0.129. The van der Waals surface area contributed by atoms with Crippen molar-refractivity contribution in [1.29, 1.82) is 0 Å². The molecule has 0 saturated carbocycles. The normalized spacial score (nSPS) is 10.9. The summed E-state index contributed by atoms with van der Waals surface area (Å²) in [4.78, 5) is 23.2. The number of benzene rings is 1. The minimum Gasteiger partial charge on any atom is -0.359 e. The summed E-state index contributed by atoms with van der Waals surface area (Å²) in [5, 5.41) is 8.44. The van der Waals surface area contributed by atoms with Crippen LogP contribution in [0, 0.1) is 5.41 Å². The van der Waals surface area contributed by atoms with Crippen LogP contribution < -0.4 is 16.0 Å². The second-order valence-corrected chi connectivity index (χ2v) is 5.33. The Hall–Kier alpha value is -1.88. The van der Waals surface area contributed by atoms with Crippen molar-refractivity contribution in [3.63, 3.8) is 0 Å². The average Bonchev–Trinajstić information content (AvgIpc) is 2.45. The Morgan fingerprint density at radius 3 is 2.40 bits per heavy atom. The van der Waals surface area contributed by atoms with Gasteiger partial charge in [-0.25, -0.2) is 0 Å². The third-order valence-corrected chi connectivity index (χ3v) is 3.03. The van der Waals surface area contributed by atoms with E-state index in [0.29, 0.717) is 13.1 Å². The Kier molecular flexibility index (Phi) is 6.18. The molecule has 0 bridgehead atoms. The molecule has 0 aliphatic rings. The second-order valence-electron chi connectivity index (χ2n) is 5.33. The van der Waals surface area contributed by atoms with Crippen molar-refractivity contribution in [2.45, 2.75) is 20.4 Å². The summed E-state index contributed by atoms with van der Waals surface area (Å²) in [6.45, 7) is 4.83. The van der Waals surface area contributed by atoms with E-state index in [1.54, 1.807) is 7.05 Å². The van der Waals surface area contributed by atoms with Gasteiger partial charge in [0, 0.05) is 20.1 Å². The zero-order chi connectivity index (χ0) is 15.0. The van der Waals surface area contributed by atoms with Gasteiger partial charge in [-0.15, -0.1) is 0 Å². The molecule has 0 aromatic heterocycles. The Morgan fingerprint density at radius 2 is 1.80 bits per heavy atom. The quantitative estimate of drug-likeness (QED) is 0.686. The monoisotopic (exact) mass is 277 g/mol. The van der Waals surface area contributed by atoms with E-state index in [0.717, 1.165) is 5.56 Å². The lowest BCUT2D eigenvalue weighted by Crippen LogP contribution is -2.44. The molecule has 0 atom stereocenters. The van der Waals surface area contributed by atoms with Crippen LogP contribution in [0.15, 0.2) is 30.3 Å². The molecule has 0 aliphatic carbocycles. The van der Waals surface area contributed by atoms with Gasteiger partial charge >= 0.3 is 0 Å². The van der Waals surface area contributed by atoms with Gasteiger partial charge in [0.05, 0.1) is 12.0 Å². The molecule has 0 spiro atoms. The van der Waals surface area contributed by atoms with Crippen LogP contribution in [0.25, 0.3) is 0 Å². The van der Waals surface area contributed by atoms with E-state index in [2.05, 4.69) is 16.0 Å². The molecule has 1 aromatic carbocycles. The minimum atomic E-state index is -0.533. The number of amides is 2. The highest BCUT2D eigenvalue weighted by molar-refractivity contribution is 5.82. The lowest BCUT2D eigenvalue weighted by Gasteiger charge is -2.22. The number of hydrogen-bond donors (Lipinski definition) is 3. The molecule has 0 unspecified atom stereocenters. The summed E-state index contributed by atoms with van der Waals surface area (Å²) in [6.07, 6.45) is 0. The fourth-order valence-corrected chi connectivity index (χ4v) is 1.77. The molecule has 1 aromatic rings. The summed E-state index contributed by atoms with van der Waals surface area (Å²) in [7, 11) is 1.61. The molecule has 1 rings (SSSR count). The van der Waals surface area contributed by atoms with Gasteiger partial charge in [0.25, 0.3) is 0 Å². The molecular formula is C15H23N3O2. The van der Waals surface area contributed by atoms with Crippen LogP contribution in [0.3, 0.4) is 0 Å². The molecule has 3 N–H and O–H groups in total. The van der Waals surface area contributed by atoms with Crippen LogP contribution in [0.2, 0.25) is 0 Å². The molecule has 0 saturated heterocycles. The second kappa shape index (κ2) is 7.65. The van der Waals surface area contributed by atoms with Crippen LogP contribution in [0.4, 0.5) is 0 Å². The molecule has 0 heterocycles. The predicted octanol–water partition coefficient (Wildman–Crippen LogP) is 0.665. The third kappa shape index (κ3) is 5.40. The maximum Gasteiger partial charge on any atom is 0.234 e. The Labute approximate surface area is 120 Å². The van der Waals surface area contributed by atoms with Gasteiger partial charge in [-0.2, -0.15) is 0 Å². The zero-order valence-corrected chi connectivity index (χ0v) is 12.3. The van der Waals surface area contributed by atoms with E-state index in [9.17, 15) is 9.59 Å². The lowest BCUT2D eigenvalue weighted by atomic mass is 9.92. The first-order valence-electron chi connectivity index (χ1n) is 6.69. The SMILES string of the molecule is CNC(=O)C(C)(C)CNCC(=O)NCc1ccccc1. The number of rotatable bonds is 7. The van der Waals surface area contributed by atoms with Crippen molar-refractivity contribution >= 4 is 11.8 Å². The highest BCUT2D eigenvalue weighted by Gasteiger charge is 2.26. The van der Waals surface area contributed by atoms with E-state index < -0.39 is 5.41 Å². The van der Waals surface area contributed by atoms with Crippen molar-refractivity contribution < 1.29 is 9.59 Å². The molecule has 20 heavy (non-hydrogen) atoms. The van der Waals surface area contributed by atoms with Crippen molar-refractivity contribution in [2.24, 2.45) is 5.41 Å². The molecular weight excluding hydrogens is 254 g/mol. The van der Waals surface area contributed by atoms with Gasteiger partial charge < -0.3 is 16.0 Å². The first-order valence-corrected chi connectivity index (χ1v) is 6.69. The van der Waals surface area contributed by atoms with Gasteiger partial charge in [0.2, 0.25) is 11.8 Å². The Bertz CT molecular complexity index is 444. The van der Waals surface area contributed by atoms with Gasteiger partial charge in [-0.1, -0.05) is 30.3 Å². The third-order valence-electron chi connectivity index (χ3n) is 3.03. The maximum atomic E-state index is 11.7. The molecule has 2 amide bonds. The maximum absolute atomic E-state index is 11.7. The smallest absolute Gasteiger partial charge is 0.234 e. The minimum absolute atomic E-state index is 0.0466. The summed E-state index contributed by atoms with van der Waals surface area (Å²) in [5.74, 6) is -0.128. The van der Waals surface area contributed by atoms with Gasteiger partial charge in [0.1, 0.15) is 0 Å². The van der Waals surface area contributed by atoms with Crippen molar-refractivity contribution in [3.8, 4) is 0 Å². The fourth-order valence-electron chi connectivity index (χ4n) is 1.77. The number of nitrogens with one attached hydrogen (secondary N) is 3. The predicted molar refractivity (Wildman–Crippen MR) is 79.0 cm³/mol. The molecule has 0 fully saturated rings. The number of hydrogen-bond acceptors (Lipinski definition) is 3. The van der Waals surface area contributed by atoms with Crippen molar-refractivity contribution in [1.82, 2.24) is 16.0 Å². The highest BCUT2D eigenvalue weighted by atomic mass is 16.2. The Balaban J connectivity index is 2.25. The van der Waals surface area contributed by atoms with E-state index >= 15 is 0 Å². The van der Waals surface area contributed by atoms with Gasteiger partial charge in [-0.05, 0) is 19.4 Å². The summed E-state index contributed by atoms with van der Waals surface area (Å²) in [5.41, 5.74) is 0.528. The Morgan fingerprint density at radius 1 is 1.15 bits per heavy atom. The topological polar surface area (TPSA) is 70.2 Å². The summed E-state index contributed by atoms with van der Waals surface area (Å²) >= 11 is 0. The van der Waals surface area contributed by atoms with E-state index in [1.807, 2.05) is 44.2 Å². The standard InChI is InChI=1S/C15H23N3O2/c1-15(2,14(20)16-3)11-17-10-13(19)18-9-12-7-5-4-6-8-12/h4-8,17H,9-11H2,1-3H3,(H,16,20)(H,18,19). The van der Waals surface area contributed by atoms with E-state index in [4.69, 9.17) is 0 Å². The summed E-state index contributed by atoms with van der Waals surface area (Å²) in [6, 6.07) is 9.73. The van der Waals surface area contributed by atoms with Crippen molar-refractivity contribution in [3.05, 3.63) is 35.9 Å². The van der Waals surface area contributed by atoms with Crippen LogP contribution >= 0.6 is 0 Å². The van der Waals surface area contributed by atoms with Crippen molar-refractivity contribution in [2.75, 3.05) is 20.1 Å². The molecule has 5 nitrogen and oxygen atoms in total. The first-order chi connectivity index (χ1) is 9.45. The van der Waals surface area contributed by atoms with Crippen LogP contribution in [-0.2, 0) is 16.1 Å². The summed E-state index contributed by atoms with van der Waals surface area (Å²) < 4.78 is 0. The molecule has 0 aliphatic heterocycles. The average molecular weight is 277 g/mol. The van der Waals surface area contributed by atoms with Gasteiger partial charge in [-0.3, -0.25) is 9.59 Å². The zero-order valence-electron chi connectivity index (χ0n) is 12.3. The molecule has 5 heteroatoms. The molecule has 110 valence electrons. The van der Waals surface area contributed by atoms with Crippen LogP contribution in [0.1, 0.15) is 19.4 Å². The first kappa shape index (κ1) is 16.2. The molecule has 0 radical (unpaired) electrons. The van der Waals surface area contributed by atoms with Crippen LogP contribution in [0.5, 0.6) is 0 Å². The fraction of sp³-hybridized carbons (Fsp3) is 0.467.